The Morgan fingerprint density at radius 1 is 1.04 bits per heavy atom. The van der Waals surface area contributed by atoms with Crippen LogP contribution < -0.4 is 9.47 Å². The summed E-state index contributed by atoms with van der Waals surface area (Å²) in [5, 5.41) is 0. The van der Waals surface area contributed by atoms with E-state index >= 15 is 0 Å². The molecule has 0 aliphatic carbocycles. The second-order valence-electron chi connectivity index (χ2n) is 5.28. The Kier molecular flexibility index (Phi) is 4.74. The van der Waals surface area contributed by atoms with Crippen molar-refractivity contribution in [1.82, 2.24) is 0 Å². The highest BCUT2D eigenvalue weighted by molar-refractivity contribution is 5.98. The van der Waals surface area contributed by atoms with Crippen molar-refractivity contribution in [2.24, 2.45) is 0 Å². The van der Waals surface area contributed by atoms with E-state index in [1.165, 1.54) is 12.1 Å². The molecule has 124 valence electrons. The Morgan fingerprint density at radius 3 is 2.58 bits per heavy atom. The lowest BCUT2D eigenvalue weighted by molar-refractivity contribution is -0.142. The summed E-state index contributed by atoms with van der Waals surface area (Å²) in [6.07, 6.45) is 0.553. The van der Waals surface area contributed by atoms with Crippen LogP contribution in [0.25, 0.3) is 0 Å². The van der Waals surface area contributed by atoms with E-state index in [-0.39, 0.29) is 31.4 Å². The summed E-state index contributed by atoms with van der Waals surface area (Å²) in [7, 11) is 0. The van der Waals surface area contributed by atoms with Crippen LogP contribution in [0.2, 0.25) is 0 Å². The number of aryl methyl sites for hydroxylation is 1. The van der Waals surface area contributed by atoms with Gasteiger partial charge in [0, 0.05) is 12.0 Å². The molecule has 0 bridgehead atoms. The van der Waals surface area contributed by atoms with Gasteiger partial charge in [0.25, 0.3) is 0 Å². The first-order chi connectivity index (χ1) is 11.6. The molecule has 2 aromatic carbocycles. The number of hydrogen-bond acceptors (Lipinski definition) is 5. The molecule has 0 radical (unpaired) electrons. The van der Waals surface area contributed by atoms with Gasteiger partial charge in [0.2, 0.25) is 6.79 Å². The number of esters is 1. The fourth-order valence-electron chi connectivity index (χ4n) is 2.27. The first-order valence-electron chi connectivity index (χ1n) is 7.45. The largest absolute Gasteiger partial charge is 0.457 e. The van der Waals surface area contributed by atoms with Crippen LogP contribution in [0.15, 0.2) is 42.5 Å². The molecule has 0 N–H and O–H groups in total. The molecule has 1 aliphatic heterocycles. The molecule has 0 atom stereocenters. The minimum absolute atomic E-state index is 0.125. The Balaban J connectivity index is 1.47. The van der Waals surface area contributed by atoms with Gasteiger partial charge in [-0.3, -0.25) is 9.59 Å². The van der Waals surface area contributed by atoms with Crippen molar-refractivity contribution in [3.63, 3.8) is 0 Å². The Hall–Kier alpha value is -2.89. The van der Waals surface area contributed by atoms with Crippen LogP contribution in [0.4, 0.5) is 4.39 Å². The number of carbonyl (C=O) groups is 2. The van der Waals surface area contributed by atoms with E-state index in [4.69, 9.17) is 14.2 Å². The summed E-state index contributed by atoms with van der Waals surface area (Å²) in [5.41, 5.74) is 1.22. The van der Waals surface area contributed by atoms with Crippen LogP contribution >= 0.6 is 0 Å². The average Bonchev–Trinajstić information content (AvgIpc) is 3.06. The van der Waals surface area contributed by atoms with E-state index in [0.29, 0.717) is 23.5 Å². The highest BCUT2D eigenvalue weighted by Gasteiger charge is 2.17. The first kappa shape index (κ1) is 16.0. The Morgan fingerprint density at radius 2 is 1.79 bits per heavy atom. The monoisotopic (exact) mass is 330 g/mol. The maximum Gasteiger partial charge on any atom is 0.306 e. The zero-order valence-electron chi connectivity index (χ0n) is 12.8. The summed E-state index contributed by atoms with van der Waals surface area (Å²) in [6.45, 7) is -0.201. The van der Waals surface area contributed by atoms with E-state index in [1.54, 1.807) is 30.3 Å². The number of halogens is 1. The molecular formula is C18H15FO5. The van der Waals surface area contributed by atoms with Gasteiger partial charge in [-0.05, 0) is 42.3 Å². The number of ketones is 1. The molecule has 0 spiro atoms. The standard InChI is InChI=1S/C18H15FO5/c19-14-5-1-12(2-6-14)3-8-18(21)22-10-15(20)13-4-7-16-17(9-13)24-11-23-16/h1-2,4-7,9H,3,8,10-11H2. The predicted molar refractivity (Wildman–Crippen MR) is 82.6 cm³/mol. The van der Waals surface area contributed by atoms with Crippen molar-refractivity contribution < 1.29 is 28.2 Å². The maximum atomic E-state index is 12.8. The predicted octanol–water partition coefficient (Wildman–Crippen LogP) is 2.91. The summed E-state index contributed by atoms with van der Waals surface area (Å²) in [5.74, 6) is -0.0289. The number of carbonyl (C=O) groups excluding carboxylic acids is 2. The van der Waals surface area contributed by atoms with Crippen LogP contribution in [0, 0.1) is 5.82 Å². The van der Waals surface area contributed by atoms with Gasteiger partial charge in [0.05, 0.1) is 0 Å². The third-order valence-electron chi connectivity index (χ3n) is 3.59. The van der Waals surface area contributed by atoms with Gasteiger partial charge in [0.15, 0.2) is 23.9 Å². The van der Waals surface area contributed by atoms with Crippen molar-refractivity contribution in [2.75, 3.05) is 13.4 Å². The highest BCUT2D eigenvalue weighted by Crippen LogP contribution is 2.32. The number of hydrogen-bond donors (Lipinski definition) is 0. The Labute approximate surface area is 138 Å². The van der Waals surface area contributed by atoms with Gasteiger partial charge in [-0.25, -0.2) is 4.39 Å². The van der Waals surface area contributed by atoms with Gasteiger partial charge in [-0.2, -0.15) is 0 Å². The summed E-state index contributed by atoms with van der Waals surface area (Å²) >= 11 is 0. The molecule has 6 heteroatoms. The quantitative estimate of drug-likeness (QED) is 0.602. The average molecular weight is 330 g/mol. The van der Waals surface area contributed by atoms with Crippen LogP contribution in [0.3, 0.4) is 0 Å². The number of ether oxygens (including phenoxy) is 3. The zero-order chi connectivity index (χ0) is 16.9. The molecular weight excluding hydrogens is 315 g/mol. The lowest BCUT2D eigenvalue weighted by Gasteiger charge is -2.05. The maximum absolute atomic E-state index is 12.8. The molecule has 2 aromatic rings. The zero-order valence-corrected chi connectivity index (χ0v) is 12.8. The van der Waals surface area contributed by atoms with Crippen LogP contribution in [0.5, 0.6) is 11.5 Å². The van der Waals surface area contributed by atoms with Gasteiger partial charge < -0.3 is 14.2 Å². The highest BCUT2D eigenvalue weighted by atomic mass is 19.1. The molecule has 5 nitrogen and oxygen atoms in total. The molecule has 0 amide bonds. The van der Waals surface area contributed by atoms with E-state index in [9.17, 15) is 14.0 Å². The second kappa shape index (κ2) is 7.12. The molecule has 0 fully saturated rings. The van der Waals surface area contributed by atoms with Crippen LogP contribution in [-0.2, 0) is 16.0 Å². The van der Waals surface area contributed by atoms with Gasteiger partial charge in [-0.15, -0.1) is 0 Å². The lowest BCUT2D eigenvalue weighted by Crippen LogP contribution is -2.14. The molecule has 0 saturated heterocycles. The fraction of sp³-hybridized carbons (Fsp3) is 0.222. The SMILES string of the molecule is O=C(CCc1ccc(F)cc1)OCC(=O)c1ccc2c(c1)OCO2. The number of Topliss-reactive ketones (excluding diaryl/α,β-unsaturated/α-hetero) is 1. The van der Waals surface area contributed by atoms with Crippen molar-refractivity contribution in [1.29, 1.82) is 0 Å². The molecule has 1 heterocycles. The fourth-order valence-corrected chi connectivity index (χ4v) is 2.27. The van der Waals surface area contributed by atoms with Crippen molar-refractivity contribution >= 4 is 11.8 Å². The van der Waals surface area contributed by atoms with E-state index in [2.05, 4.69) is 0 Å². The summed E-state index contributed by atoms with van der Waals surface area (Å²) in [6, 6.07) is 10.7. The molecule has 0 aromatic heterocycles. The first-order valence-corrected chi connectivity index (χ1v) is 7.45. The van der Waals surface area contributed by atoms with Crippen molar-refractivity contribution in [3.05, 3.63) is 59.4 Å². The van der Waals surface area contributed by atoms with Crippen LogP contribution in [-0.4, -0.2) is 25.2 Å². The van der Waals surface area contributed by atoms with Crippen LogP contribution in [0.1, 0.15) is 22.3 Å². The summed E-state index contributed by atoms with van der Waals surface area (Å²) < 4.78 is 28.2. The van der Waals surface area contributed by atoms with E-state index in [0.717, 1.165) is 5.56 Å². The molecule has 3 rings (SSSR count). The third-order valence-corrected chi connectivity index (χ3v) is 3.59. The second-order valence-corrected chi connectivity index (χ2v) is 5.28. The normalized spacial score (nSPS) is 12.0. The van der Waals surface area contributed by atoms with Crippen molar-refractivity contribution in [3.8, 4) is 11.5 Å². The Bertz CT molecular complexity index is 755. The van der Waals surface area contributed by atoms with Gasteiger partial charge in [-0.1, -0.05) is 12.1 Å². The summed E-state index contributed by atoms with van der Waals surface area (Å²) in [4.78, 5) is 23.8. The van der Waals surface area contributed by atoms with Crippen molar-refractivity contribution in [2.45, 2.75) is 12.8 Å². The van der Waals surface area contributed by atoms with Gasteiger partial charge >= 0.3 is 5.97 Å². The van der Waals surface area contributed by atoms with E-state index < -0.39 is 5.97 Å². The van der Waals surface area contributed by atoms with E-state index in [1.807, 2.05) is 0 Å². The number of benzene rings is 2. The third kappa shape index (κ3) is 3.90. The number of fused-ring (bicyclic) bond motifs is 1. The number of rotatable bonds is 6. The van der Waals surface area contributed by atoms with Gasteiger partial charge in [0.1, 0.15) is 5.82 Å². The lowest BCUT2D eigenvalue weighted by atomic mass is 10.1. The molecule has 1 aliphatic rings. The minimum atomic E-state index is -0.478. The minimum Gasteiger partial charge on any atom is -0.457 e. The molecule has 24 heavy (non-hydrogen) atoms. The molecule has 0 saturated carbocycles. The smallest absolute Gasteiger partial charge is 0.306 e. The topological polar surface area (TPSA) is 61.8 Å². The molecule has 0 unspecified atom stereocenters.